The molecule has 12 heavy (non-hydrogen) atoms. The van der Waals surface area contributed by atoms with Crippen LogP contribution in [0.5, 0.6) is 0 Å². The van der Waals surface area contributed by atoms with Gasteiger partial charge in [0.2, 0.25) is 5.24 Å². The molecule has 0 saturated heterocycles. The summed E-state index contributed by atoms with van der Waals surface area (Å²) in [5.41, 5.74) is 0. The van der Waals surface area contributed by atoms with Crippen molar-refractivity contribution in [2.45, 2.75) is 39.5 Å². The zero-order valence-corrected chi connectivity index (χ0v) is 8.60. The summed E-state index contributed by atoms with van der Waals surface area (Å²) >= 11 is 5.56. The van der Waals surface area contributed by atoms with E-state index in [9.17, 15) is 4.79 Å². The summed E-state index contributed by atoms with van der Waals surface area (Å²) < 4.78 is 0. The Hall–Kier alpha value is -0.0400. The minimum Gasteiger partial charge on any atom is -0.281 e. The van der Waals surface area contributed by atoms with Gasteiger partial charge in [0.25, 0.3) is 0 Å². The van der Waals surface area contributed by atoms with Crippen molar-refractivity contribution in [1.29, 1.82) is 0 Å². The Morgan fingerprint density at radius 1 is 1.33 bits per heavy atom. The van der Waals surface area contributed by atoms with Crippen molar-refractivity contribution < 1.29 is 4.79 Å². The fourth-order valence-corrected chi connectivity index (χ4v) is 2.51. The Morgan fingerprint density at radius 2 is 1.92 bits per heavy atom. The second kappa shape index (κ2) is 4.27. The van der Waals surface area contributed by atoms with Crippen LogP contribution in [0.3, 0.4) is 0 Å². The Labute approximate surface area is 79.5 Å². The molecule has 0 bridgehead atoms. The molecule has 1 saturated carbocycles. The summed E-state index contributed by atoms with van der Waals surface area (Å²) in [7, 11) is 0. The first-order chi connectivity index (χ1) is 5.63. The lowest BCUT2D eigenvalue weighted by molar-refractivity contribution is -0.118. The monoisotopic (exact) mass is 188 g/mol. The molecule has 1 fully saturated rings. The van der Waals surface area contributed by atoms with Crippen LogP contribution in [0.4, 0.5) is 0 Å². The fraction of sp³-hybridized carbons (Fsp3) is 0.900. The molecule has 0 aromatic rings. The highest BCUT2D eigenvalue weighted by Gasteiger charge is 2.31. The Morgan fingerprint density at radius 3 is 2.33 bits per heavy atom. The van der Waals surface area contributed by atoms with Gasteiger partial charge in [-0.1, -0.05) is 26.7 Å². The minimum absolute atomic E-state index is 0.117. The van der Waals surface area contributed by atoms with E-state index in [0.717, 1.165) is 6.42 Å². The zero-order valence-electron chi connectivity index (χ0n) is 7.85. The van der Waals surface area contributed by atoms with E-state index in [4.69, 9.17) is 11.6 Å². The molecule has 0 aromatic carbocycles. The van der Waals surface area contributed by atoms with E-state index in [1.165, 1.54) is 19.3 Å². The van der Waals surface area contributed by atoms with Crippen molar-refractivity contribution in [3.05, 3.63) is 0 Å². The third kappa shape index (κ3) is 2.22. The number of hydrogen-bond acceptors (Lipinski definition) is 1. The highest BCUT2D eigenvalue weighted by Crippen LogP contribution is 2.36. The minimum atomic E-state index is -0.117. The third-order valence-corrected chi connectivity index (χ3v) is 3.25. The van der Waals surface area contributed by atoms with Crippen LogP contribution in [-0.4, -0.2) is 5.24 Å². The second-order valence-electron chi connectivity index (χ2n) is 4.10. The van der Waals surface area contributed by atoms with Crippen LogP contribution in [0.2, 0.25) is 0 Å². The Balaban J connectivity index is 2.60. The van der Waals surface area contributed by atoms with Gasteiger partial charge in [-0.3, -0.25) is 4.79 Å². The quantitative estimate of drug-likeness (QED) is 0.609. The van der Waals surface area contributed by atoms with E-state index < -0.39 is 0 Å². The molecule has 0 spiro atoms. The molecule has 2 heteroatoms. The molecule has 1 aliphatic rings. The summed E-state index contributed by atoms with van der Waals surface area (Å²) in [6.45, 7) is 4.37. The first kappa shape index (κ1) is 10.0. The van der Waals surface area contributed by atoms with E-state index in [1.807, 2.05) is 0 Å². The number of carbonyl (C=O) groups is 1. The summed E-state index contributed by atoms with van der Waals surface area (Å²) in [6, 6.07) is 0. The molecule has 0 heterocycles. The molecular formula is C10H17ClO. The normalized spacial score (nSPS) is 30.7. The van der Waals surface area contributed by atoms with Crippen LogP contribution >= 0.6 is 11.6 Å². The van der Waals surface area contributed by atoms with Crippen LogP contribution in [-0.2, 0) is 4.79 Å². The summed E-state index contributed by atoms with van der Waals surface area (Å²) in [6.07, 6.45) is 4.63. The largest absolute Gasteiger partial charge is 0.281 e. The van der Waals surface area contributed by atoms with Crippen molar-refractivity contribution in [2.24, 2.45) is 17.8 Å². The predicted molar refractivity (Wildman–Crippen MR) is 51.1 cm³/mol. The van der Waals surface area contributed by atoms with Crippen molar-refractivity contribution in [3.63, 3.8) is 0 Å². The first-order valence-electron chi connectivity index (χ1n) is 4.82. The smallest absolute Gasteiger partial charge is 0.225 e. The molecule has 1 nitrogen and oxygen atoms in total. The highest BCUT2D eigenvalue weighted by atomic mass is 35.5. The lowest BCUT2D eigenvalue weighted by Crippen LogP contribution is -2.28. The zero-order chi connectivity index (χ0) is 9.14. The van der Waals surface area contributed by atoms with Crippen molar-refractivity contribution in [1.82, 2.24) is 0 Å². The second-order valence-corrected chi connectivity index (χ2v) is 4.48. The van der Waals surface area contributed by atoms with Gasteiger partial charge in [-0.2, -0.15) is 0 Å². The lowest BCUT2D eigenvalue weighted by Gasteiger charge is -2.31. The molecule has 0 N–H and O–H groups in total. The average molecular weight is 189 g/mol. The number of hydrogen-bond donors (Lipinski definition) is 0. The third-order valence-electron chi connectivity index (χ3n) is 2.97. The number of rotatable bonds is 2. The maximum atomic E-state index is 11.1. The van der Waals surface area contributed by atoms with Crippen LogP contribution in [0, 0.1) is 17.8 Å². The van der Waals surface area contributed by atoms with Crippen LogP contribution in [0.25, 0.3) is 0 Å². The van der Waals surface area contributed by atoms with E-state index in [-0.39, 0.29) is 11.2 Å². The predicted octanol–water partition coefficient (Wildman–Crippen LogP) is 3.21. The molecular weight excluding hydrogens is 172 g/mol. The average Bonchev–Trinajstić information content (AvgIpc) is 2.04. The SMILES string of the molecule is CC(C)[C@@H]1CCCC[C@H]1C(=O)Cl. The molecule has 0 unspecified atom stereocenters. The Bertz CT molecular complexity index is 165. The summed E-state index contributed by atoms with van der Waals surface area (Å²) in [5, 5.41) is -0.117. The first-order valence-corrected chi connectivity index (χ1v) is 5.20. The molecule has 0 aromatic heterocycles. The van der Waals surface area contributed by atoms with Crippen LogP contribution in [0.1, 0.15) is 39.5 Å². The molecule has 0 radical (unpaired) electrons. The molecule has 0 amide bonds. The molecule has 2 atom stereocenters. The lowest BCUT2D eigenvalue weighted by atomic mass is 9.74. The maximum absolute atomic E-state index is 11.1. The van der Waals surface area contributed by atoms with Gasteiger partial charge in [0.15, 0.2) is 0 Å². The van der Waals surface area contributed by atoms with E-state index in [2.05, 4.69) is 13.8 Å². The van der Waals surface area contributed by atoms with Gasteiger partial charge in [0.05, 0.1) is 0 Å². The van der Waals surface area contributed by atoms with Gasteiger partial charge < -0.3 is 0 Å². The van der Waals surface area contributed by atoms with E-state index >= 15 is 0 Å². The van der Waals surface area contributed by atoms with Crippen LogP contribution < -0.4 is 0 Å². The van der Waals surface area contributed by atoms with Gasteiger partial charge in [-0.05, 0) is 36.3 Å². The Kier molecular flexibility index (Phi) is 3.57. The molecule has 1 aliphatic carbocycles. The van der Waals surface area contributed by atoms with Gasteiger partial charge in [-0.25, -0.2) is 0 Å². The molecule has 70 valence electrons. The van der Waals surface area contributed by atoms with Gasteiger partial charge in [0, 0.05) is 5.92 Å². The standard InChI is InChI=1S/C10H17ClO/c1-7(2)8-5-3-4-6-9(8)10(11)12/h7-9H,3-6H2,1-2H3/t8-,9+/m0/s1. The molecule has 0 aliphatic heterocycles. The topological polar surface area (TPSA) is 17.1 Å². The summed E-state index contributed by atoms with van der Waals surface area (Å²) in [5.74, 6) is 1.27. The van der Waals surface area contributed by atoms with Crippen molar-refractivity contribution >= 4 is 16.8 Å². The maximum Gasteiger partial charge on any atom is 0.225 e. The van der Waals surface area contributed by atoms with Crippen molar-refractivity contribution in [2.75, 3.05) is 0 Å². The fourth-order valence-electron chi connectivity index (χ4n) is 2.24. The van der Waals surface area contributed by atoms with Gasteiger partial charge in [-0.15, -0.1) is 0 Å². The van der Waals surface area contributed by atoms with Crippen LogP contribution in [0.15, 0.2) is 0 Å². The van der Waals surface area contributed by atoms with Crippen molar-refractivity contribution in [3.8, 4) is 0 Å². The molecule has 1 rings (SSSR count). The number of halogens is 1. The van der Waals surface area contributed by atoms with Gasteiger partial charge in [0.1, 0.15) is 0 Å². The number of carbonyl (C=O) groups excluding carboxylic acids is 1. The summed E-state index contributed by atoms with van der Waals surface area (Å²) in [4.78, 5) is 11.1. The highest BCUT2D eigenvalue weighted by molar-refractivity contribution is 6.64. The van der Waals surface area contributed by atoms with E-state index in [1.54, 1.807) is 0 Å². The van der Waals surface area contributed by atoms with Gasteiger partial charge >= 0.3 is 0 Å². The van der Waals surface area contributed by atoms with E-state index in [0.29, 0.717) is 11.8 Å².